The molecule has 0 aromatic heterocycles. The monoisotopic (exact) mass is 1010 g/mol. The van der Waals surface area contributed by atoms with Crippen LogP contribution in [0.25, 0.3) is 0 Å². The summed E-state index contributed by atoms with van der Waals surface area (Å²) in [6.45, 7) is 5.50. The average molecular weight is 1010 g/mol. The third kappa shape index (κ3) is 58.1. The summed E-state index contributed by atoms with van der Waals surface area (Å²) >= 11 is 0. The first-order valence-electron chi connectivity index (χ1n) is 30.9. The lowest BCUT2D eigenvalue weighted by Gasteiger charge is -2.28. The zero-order chi connectivity index (χ0) is 51.2. The number of phosphoric ester groups is 1. The molecule has 0 amide bonds. The van der Waals surface area contributed by atoms with Crippen molar-refractivity contribution in [2.45, 2.75) is 322 Å². The largest absolute Gasteiger partial charge is 0.756 e. The van der Waals surface area contributed by atoms with E-state index in [2.05, 4.69) is 26.0 Å². The van der Waals surface area contributed by atoms with Crippen LogP contribution < -0.4 is 4.89 Å². The van der Waals surface area contributed by atoms with Gasteiger partial charge in [0.05, 0.1) is 34.4 Å². The highest BCUT2D eigenvalue weighted by Gasteiger charge is 2.20. The Morgan fingerprint density at radius 1 is 0.429 bits per heavy atom. The van der Waals surface area contributed by atoms with Gasteiger partial charge in [-0.3, -0.25) is 9.36 Å². The summed E-state index contributed by atoms with van der Waals surface area (Å²) in [6.07, 6.45) is 65.5. The second kappa shape index (κ2) is 54.5. The summed E-state index contributed by atoms with van der Waals surface area (Å²) in [5.74, 6) is -0.326. The zero-order valence-corrected chi connectivity index (χ0v) is 48.6. The van der Waals surface area contributed by atoms with Crippen LogP contribution in [0.15, 0.2) is 12.2 Å². The van der Waals surface area contributed by atoms with Crippen molar-refractivity contribution >= 4 is 13.8 Å². The molecule has 70 heavy (non-hydrogen) atoms. The standard InChI is InChI=1S/C61H122NO7P/c1-6-8-10-12-14-16-18-20-22-24-26-28-30-31-33-35-37-39-41-43-45-47-49-51-53-56-66-58-60(59-68-70(64,65)67-57-55-62(3,4)5)69-61(63)54-52-50-48-46-44-42-40-38-36-34-32-29-27-25-23-21-19-17-15-13-11-9-7-2/h25,27,60H,6-24,26,28-59H2,1-5H3/b27-25-. The van der Waals surface area contributed by atoms with Gasteiger partial charge in [-0.2, -0.15) is 0 Å². The van der Waals surface area contributed by atoms with E-state index in [0.717, 1.165) is 32.1 Å². The highest BCUT2D eigenvalue weighted by Crippen LogP contribution is 2.38. The topological polar surface area (TPSA) is 94.1 Å². The average Bonchev–Trinajstić information content (AvgIpc) is 3.32. The van der Waals surface area contributed by atoms with Crippen LogP contribution in [0, 0.1) is 0 Å². The molecule has 0 bridgehead atoms. The molecule has 0 rings (SSSR count). The van der Waals surface area contributed by atoms with E-state index in [1.165, 1.54) is 263 Å². The maximum Gasteiger partial charge on any atom is 0.306 e. The van der Waals surface area contributed by atoms with Crippen molar-refractivity contribution in [3.05, 3.63) is 12.2 Å². The van der Waals surface area contributed by atoms with Gasteiger partial charge < -0.3 is 27.9 Å². The van der Waals surface area contributed by atoms with E-state index in [-0.39, 0.29) is 25.8 Å². The van der Waals surface area contributed by atoms with Crippen LogP contribution in [-0.2, 0) is 27.9 Å². The minimum atomic E-state index is -4.53. The quantitative estimate of drug-likeness (QED) is 0.0197. The number of unbranched alkanes of at least 4 members (excludes halogenated alkanes) is 43. The smallest absolute Gasteiger partial charge is 0.306 e. The summed E-state index contributed by atoms with van der Waals surface area (Å²) in [5, 5.41) is 0. The van der Waals surface area contributed by atoms with Crippen LogP contribution in [-0.4, -0.2) is 70.7 Å². The van der Waals surface area contributed by atoms with Gasteiger partial charge in [0, 0.05) is 13.0 Å². The molecule has 0 aliphatic rings. The second-order valence-corrected chi connectivity index (χ2v) is 23.8. The molecule has 0 saturated carbocycles. The molecular formula is C61H122NO7P. The third-order valence-corrected chi connectivity index (χ3v) is 15.0. The molecule has 418 valence electrons. The highest BCUT2D eigenvalue weighted by molar-refractivity contribution is 7.45. The van der Waals surface area contributed by atoms with Crippen molar-refractivity contribution in [3.8, 4) is 0 Å². The van der Waals surface area contributed by atoms with Crippen molar-refractivity contribution in [2.24, 2.45) is 0 Å². The van der Waals surface area contributed by atoms with Crippen LogP contribution in [0.3, 0.4) is 0 Å². The van der Waals surface area contributed by atoms with Gasteiger partial charge in [0.2, 0.25) is 0 Å². The second-order valence-electron chi connectivity index (χ2n) is 22.4. The van der Waals surface area contributed by atoms with Gasteiger partial charge in [-0.05, 0) is 38.5 Å². The summed E-state index contributed by atoms with van der Waals surface area (Å²) in [6, 6.07) is 0. The summed E-state index contributed by atoms with van der Waals surface area (Å²) in [7, 11) is 1.38. The Hall–Kier alpha value is -0.760. The number of rotatable bonds is 59. The molecule has 0 aromatic rings. The SMILES string of the molecule is CCCCCCCCCC/C=C\CCCCCCCCCCCCCC(=O)OC(COCCCCCCCCCCCCCCCCCCCCCCCCCCC)COP(=O)([O-])OCC[N+](C)(C)C. The van der Waals surface area contributed by atoms with Crippen LogP contribution in [0.4, 0.5) is 0 Å². The normalized spacial score (nSPS) is 13.4. The Kier molecular flexibility index (Phi) is 53.9. The van der Waals surface area contributed by atoms with Crippen LogP contribution in [0.5, 0.6) is 0 Å². The first-order chi connectivity index (χ1) is 34.1. The molecule has 0 N–H and O–H groups in total. The number of hydrogen-bond acceptors (Lipinski definition) is 7. The number of esters is 1. The van der Waals surface area contributed by atoms with Gasteiger partial charge in [-0.1, -0.05) is 283 Å². The molecule has 0 saturated heterocycles. The highest BCUT2D eigenvalue weighted by atomic mass is 31.2. The lowest BCUT2D eigenvalue weighted by atomic mass is 10.0. The molecule has 0 aliphatic heterocycles. The molecular weight excluding hydrogens is 890 g/mol. The molecule has 9 heteroatoms. The fourth-order valence-corrected chi connectivity index (χ4v) is 10.0. The van der Waals surface area contributed by atoms with E-state index >= 15 is 0 Å². The van der Waals surface area contributed by atoms with E-state index < -0.39 is 13.9 Å². The number of phosphoric acid groups is 1. The Labute approximate surface area is 437 Å². The number of carbonyl (C=O) groups excluding carboxylic acids is 1. The first kappa shape index (κ1) is 69.2. The van der Waals surface area contributed by atoms with Crippen LogP contribution in [0.2, 0.25) is 0 Å². The van der Waals surface area contributed by atoms with Crippen LogP contribution in [0.1, 0.15) is 316 Å². The van der Waals surface area contributed by atoms with Gasteiger partial charge in [-0.25, -0.2) is 0 Å². The lowest BCUT2D eigenvalue weighted by molar-refractivity contribution is -0.870. The van der Waals surface area contributed by atoms with E-state index in [0.29, 0.717) is 24.1 Å². The van der Waals surface area contributed by atoms with Crippen LogP contribution >= 0.6 is 7.82 Å². The number of likely N-dealkylation sites (N-methyl/N-ethyl adjacent to an activating group) is 1. The minimum Gasteiger partial charge on any atom is -0.756 e. The van der Waals surface area contributed by atoms with Crippen molar-refractivity contribution in [1.82, 2.24) is 0 Å². The number of quaternary nitrogens is 1. The number of carbonyl (C=O) groups is 1. The maximum atomic E-state index is 12.8. The van der Waals surface area contributed by atoms with Crippen molar-refractivity contribution in [3.63, 3.8) is 0 Å². The third-order valence-electron chi connectivity index (χ3n) is 14.1. The molecule has 8 nitrogen and oxygen atoms in total. The van der Waals surface area contributed by atoms with Crippen molar-refractivity contribution < 1.29 is 37.3 Å². The summed E-state index contributed by atoms with van der Waals surface area (Å²) in [5.41, 5.74) is 0. The Bertz CT molecular complexity index is 1130. The number of nitrogens with zero attached hydrogens (tertiary/aromatic N) is 1. The van der Waals surface area contributed by atoms with Gasteiger partial charge in [0.15, 0.2) is 0 Å². The molecule has 0 radical (unpaired) electrons. The van der Waals surface area contributed by atoms with Gasteiger partial charge in [-0.15, -0.1) is 0 Å². The predicted molar refractivity (Wildman–Crippen MR) is 301 cm³/mol. The molecule has 2 unspecified atom stereocenters. The number of hydrogen-bond donors (Lipinski definition) is 0. The summed E-state index contributed by atoms with van der Waals surface area (Å²) in [4.78, 5) is 25.3. The van der Waals surface area contributed by atoms with Gasteiger partial charge >= 0.3 is 5.97 Å². The van der Waals surface area contributed by atoms with Crippen molar-refractivity contribution in [1.29, 1.82) is 0 Å². The molecule has 0 aliphatic carbocycles. The minimum absolute atomic E-state index is 0.0301. The van der Waals surface area contributed by atoms with E-state index in [1.807, 2.05) is 21.1 Å². The Morgan fingerprint density at radius 2 is 0.743 bits per heavy atom. The molecule has 0 fully saturated rings. The first-order valence-corrected chi connectivity index (χ1v) is 32.4. The maximum absolute atomic E-state index is 12.8. The lowest BCUT2D eigenvalue weighted by Crippen LogP contribution is -2.37. The number of ether oxygens (including phenoxy) is 2. The van der Waals surface area contributed by atoms with E-state index in [1.54, 1.807) is 0 Å². The fraction of sp³-hybridized carbons (Fsp3) is 0.951. The van der Waals surface area contributed by atoms with E-state index in [9.17, 15) is 14.3 Å². The predicted octanol–water partition coefficient (Wildman–Crippen LogP) is 19.1. The van der Waals surface area contributed by atoms with Gasteiger partial charge in [0.25, 0.3) is 7.82 Å². The molecule has 0 spiro atoms. The summed E-state index contributed by atoms with van der Waals surface area (Å²) < 4.78 is 34.9. The molecule has 2 atom stereocenters. The van der Waals surface area contributed by atoms with E-state index in [4.69, 9.17) is 18.5 Å². The Balaban J connectivity index is 3.98. The molecule has 0 heterocycles. The number of allylic oxidation sites excluding steroid dienone is 2. The zero-order valence-electron chi connectivity index (χ0n) is 47.8. The molecule has 0 aromatic carbocycles. The van der Waals surface area contributed by atoms with Gasteiger partial charge in [0.1, 0.15) is 19.3 Å². The fourth-order valence-electron chi connectivity index (χ4n) is 9.31. The Morgan fingerprint density at radius 3 is 1.09 bits per heavy atom. The van der Waals surface area contributed by atoms with Crippen molar-refractivity contribution in [2.75, 3.05) is 54.1 Å².